The Hall–Kier alpha value is -2.46. The van der Waals surface area contributed by atoms with Gasteiger partial charge in [0.2, 0.25) is 0 Å². The lowest BCUT2D eigenvalue weighted by Crippen LogP contribution is -2.25. The summed E-state index contributed by atoms with van der Waals surface area (Å²) in [4.78, 5) is 2.43. The number of nitrogens with zero attached hydrogens (tertiary/aromatic N) is 2. The van der Waals surface area contributed by atoms with Crippen molar-refractivity contribution in [2.24, 2.45) is 7.05 Å². The number of fused-ring (bicyclic) bond motifs is 1. The minimum absolute atomic E-state index is 0.212. The van der Waals surface area contributed by atoms with Crippen LogP contribution in [0.3, 0.4) is 0 Å². The van der Waals surface area contributed by atoms with Gasteiger partial charge in [0.05, 0.1) is 12.6 Å². The Morgan fingerprint density at radius 2 is 2.04 bits per heavy atom. The number of ether oxygens (including phenoxy) is 1. The number of aryl methyl sites for hydroxylation is 1. The average Bonchev–Trinajstić information content (AvgIpc) is 2.95. The molecule has 0 aromatic carbocycles. The number of rotatable bonds is 3. The van der Waals surface area contributed by atoms with Gasteiger partial charge in [-0.3, -0.25) is 0 Å². The first-order chi connectivity index (χ1) is 12.8. The van der Waals surface area contributed by atoms with Gasteiger partial charge in [0, 0.05) is 56.4 Å². The Kier molecular flexibility index (Phi) is 5.12. The molecule has 4 nitrogen and oxygen atoms in total. The molecule has 1 atom stereocenters. The van der Waals surface area contributed by atoms with E-state index in [-0.39, 0.29) is 6.04 Å². The molecule has 26 heavy (non-hydrogen) atoms. The van der Waals surface area contributed by atoms with E-state index in [1.165, 1.54) is 22.7 Å². The third kappa shape index (κ3) is 3.86. The van der Waals surface area contributed by atoms with Crippen molar-refractivity contribution in [2.75, 3.05) is 26.3 Å². The van der Waals surface area contributed by atoms with Crippen molar-refractivity contribution in [2.45, 2.75) is 18.9 Å². The molecule has 0 amide bonds. The van der Waals surface area contributed by atoms with Gasteiger partial charge in [0.25, 0.3) is 0 Å². The molecule has 2 heterocycles. The molecule has 1 unspecified atom stereocenters. The molecular weight excluding hydrogens is 322 g/mol. The van der Waals surface area contributed by atoms with Gasteiger partial charge < -0.3 is 19.5 Å². The van der Waals surface area contributed by atoms with Crippen molar-refractivity contribution in [1.82, 2.24) is 14.8 Å². The van der Waals surface area contributed by atoms with Crippen molar-refractivity contribution >= 4 is 12.2 Å². The molecule has 0 saturated carbocycles. The first-order valence-electron chi connectivity index (χ1n) is 9.48. The highest BCUT2D eigenvalue weighted by Crippen LogP contribution is 2.20. The third-order valence-electron chi connectivity index (χ3n) is 5.13. The van der Waals surface area contributed by atoms with Crippen molar-refractivity contribution in [3.8, 4) is 0 Å². The van der Waals surface area contributed by atoms with Crippen LogP contribution in [-0.2, 0) is 11.8 Å². The Morgan fingerprint density at radius 3 is 3.00 bits per heavy atom. The van der Waals surface area contributed by atoms with Gasteiger partial charge in [-0.1, -0.05) is 30.4 Å². The van der Waals surface area contributed by atoms with Crippen LogP contribution in [0.15, 0.2) is 60.1 Å². The van der Waals surface area contributed by atoms with Gasteiger partial charge in [-0.05, 0) is 36.3 Å². The molecule has 1 N–H and O–H groups in total. The van der Waals surface area contributed by atoms with Gasteiger partial charge in [-0.2, -0.15) is 0 Å². The summed E-state index contributed by atoms with van der Waals surface area (Å²) in [5.74, 6) is 0. The maximum absolute atomic E-state index is 5.57. The SMILES string of the molecule is Cn1ccc2c1C=CC(NC1=CC=CC(N3CCCOCC3)=CC1)C=C2. The Morgan fingerprint density at radius 1 is 1.12 bits per heavy atom. The highest BCUT2D eigenvalue weighted by Gasteiger charge is 2.13. The van der Waals surface area contributed by atoms with Crippen LogP contribution in [0.25, 0.3) is 12.2 Å². The first-order valence-corrected chi connectivity index (χ1v) is 9.48. The standard InChI is InChI=1S/C22H27N3O/c1-24-14-12-18-6-7-20(9-11-22(18)24)23-19-4-2-5-21(10-8-19)25-13-3-16-26-17-15-25/h2,4-7,9-12,14,20,23H,3,8,13,15-17H2,1H3. The normalized spacial score (nSPS) is 22.8. The summed E-state index contributed by atoms with van der Waals surface area (Å²) in [6.07, 6.45) is 21.9. The number of hydrogen-bond acceptors (Lipinski definition) is 3. The van der Waals surface area contributed by atoms with Crippen LogP contribution in [0, 0.1) is 0 Å². The monoisotopic (exact) mass is 349 g/mol. The fourth-order valence-electron chi connectivity index (χ4n) is 3.65. The van der Waals surface area contributed by atoms with E-state index in [1.807, 2.05) is 0 Å². The zero-order chi connectivity index (χ0) is 17.8. The molecule has 0 bridgehead atoms. The van der Waals surface area contributed by atoms with E-state index in [2.05, 4.69) is 82.7 Å². The lowest BCUT2D eigenvalue weighted by Gasteiger charge is -2.23. The Balaban J connectivity index is 1.41. The van der Waals surface area contributed by atoms with E-state index in [0.29, 0.717) is 0 Å². The Bertz CT molecular complexity index is 786. The quantitative estimate of drug-likeness (QED) is 0.906. The van der Waals surface area contributed by atoms with Crippen LogP contribution >= 0.6 is 0 Å². The maximum atomic E-state index is 5.57. The second kappa shape index (κ2) is 7.83. The molecule has 4 heteroatoms. The van der Waals surface area contributed by atoms with E-state index in [1.54, 1.807) is 0 Å². The average molecular weight is 349 g/mol. The zero-order valence-corrected chi connectivity index (χ0v) is 15.4. The second-order valence-electron chi connectivity index (χ2n) is 6.99. The summed E-state index contributed by atoms with van der Waals surface area (Å²) in [6, 6.07) is 2.37. The summed E-state index contributed by atoms with van der Waals surface area (Å²) in [5, 5.41) is 3.66. The van der Waals surface area contributed by atoms with Gasteiger partial charge in [-0.25, -0.2) is 0 Å². The van der Waals surface area contributed by atoms with Crippen molar-refractivity contribution in [3.63, 3.8) is 0 Å². The van der Waals surface area contributed by atoms with Crippen LogP contribution in [0.5, 0.6) is 0 Å². The number of allylic oxidation sites excluding steroid dienone is 4. The van der Waals surface area contributed by atoms with Crippen LogP contribution in [-0.4, -0.2) is 41.8 Å². The van der Waals surface area contributed by atoms with Gasteiger partial charge in [-0.15, -0.1) is 0 Å². The molecular formula is C22H27N3O. The second-order valence-corrected chi connectivity index (χ2v) is 6.99. The van der Waals surface area contributed by atoms with Gasteiger partial charge in [0.1, 0.15) is 0 Å². The van der Waals surface area contributed by atoms with E-state index in [0.717, 1.165) is 39.1 Å². The largest absolute Gasteiger partial charge is 0.380 e. The van der Waals surface area contributed by atoms with Crippen LogP contribution < -0.4 is 5.32 Å². The predicted octanol–water partition coefficient (Wildman–Crippen LogP) is 3.47. The minimum atomic E-state index is 0.212. The molecule has 4 rings (SSSR count). The Labute approximate surface area is 155 Å². The highest BCUT2D eigenvalue weighted by molar-refractivity contribution is 5.67. The molecule has 1 aliphatic heterocycles. The van der Waals surface area contributed by atoms with Gasteiger partial charge >= 0.3 is 0 Å². The molecule has 1 saturated heterocycles. The van der Waals surface area contributed by atoms with Gasteiger partial charge in [0.15, 0.2) is 0 Å². The number of hydrogen-bond donors (Lipinski definition) is 1. The summed E-state index contributed by atoms with van der Waals surface area (Å²) in [7, 11) is 2.09. The molecule has 1 fully saturated rings. The molecule has 2 aliphatic carbocycles. The topological polar surface area (TPSA) is 29.4 Å². The van der Waals surface area contributed by atoms with E-state index >= 15 is 0 Å². The third-order valence-corrected chi connectivity index (χ3v) is 5.13. The lowest BCUT2D eigenvalue weighted by atomic mass is 10.2. The number of aromatic nitrogens is 1. The predicted molar refractivity (Wildman–Crippen MR) is 107 cm³/mol. The molecule has 3 aliphatic rings. The lowest BCUT2D eigenvalue weighted by molar-refractivity contribution is 0.145. The zero-order valence-electron chi connectivity index (χ0n) is 15.4. The summed E-state index contributed by atoms with van der Waals surface area (Å²) in [6.45, 7) is 3.75. The molecule has 0 radical (unpaired) electrons. The molecule has 1 aromatic rings. The number of nitrogens with one attached hydrogen (secondary N) is 1. The van der Waals surface area contributed by atoms with E-state index in [9.17, 15) is 0 Å². The summed E-state index contributed by atoms with van der Waals surface area (Å²) >= 11 is 0. The van der Waals surface area contributed by atoms with Crippen LogP contribution in [0.1, 0.15) is 24.1 Å². The first kappa shape index (κ1) is 17.0. The highest BCUT2D eigenvalue weighted by atomic mass is 16.5. The van der Waals surface area contributed by atoms with Crippen molar-refractivity contribution < 1.29 is 4.74 Å². The maximum Gasteiger partial charge on any atom is 0.0641 e. The minimum Gasteiger partial charge on any atom is -0.380 e. The molecule has 136 valence electrons. The van der Waals surface area contributed by atoms with Crippen LogP contribution in [0.4, 0.5) is 0 Å². The fourth-order valence-corrected chi connectivity index (χ4v) is 3.65. The van der Waals surface area contributed by atoms with Crippen molar-refractivity contribution in [1.29, 1.82) is 0 Å². The van der Waals surface area contributed by atoms with Crippen LogP contribution in [0.2, 0.25) is 0 Å². The molecule has 0 spiro atoms. The molecule has 1 aromatic heterocycles. The summed E-state index contributed by atoms with van der Waals surface area (Å²) in [5.41, 5.74) is 5.08. The fraction of sp³-hybridized carbons (Fsp3) is 0.364. The summed E-state index contributed by atoms with van der Waals surface area (Å²) < 4.78 is 7.73. The van der Waals surface area contributed by atoms with Crippen molar-refractivity contribution in [3.05, 3.63) is 71.4 Å². The smallest absolute Gasteiger partial charge is 0.0641 e. The van der Waals surface area contributed by atoms with E-state index in [4.69, 9.17) is 4.74 Å². The van der Waals surface area contributed by atoms with E-state index < -0.39 is 0 Å².